The minimum Gasteiger partial charge on any atom is -0.497 e. The van der Waals surface area contributed by atoms with Gasteiger partial charge in [-0.05, 0) is 36.8 Å². The molecule has 3 aromatic carbocycles. The van der Waals surface area contributed by atoms with Gasteiger partial charge in [0.2, 0.25) is 5.91 Å². The SMILES string of the molecule is COc1ccc([C@@H]2[C@@H]3CCCC[C@]3(O)CCN2CC(=O)Nc2cccc3ccccc23)c(OC)c1. The summed E-state index contributed by atoms with van der Waals surface area (Å²) in [5, 5.41) is 16.9. The van der Waals surface area contributed by atoms with Gasteiger partial charge in [0.15, 0.2) is 0 Å². The molecule has 1 aliphatic carbocycles. The van der Waals surface area contributed by atoms with Crippen LogP contribution in [0.15, 0.2) is 60.7 Å². The molecule has 1 saturated carbocycles. The zero-order chi connectivity index (χ0) is 24.4. The lowest BCUT2D eigenvalue weighted by molar-refractivity contribution is -0.135. The van der Waals surface area contributed by atoms with Crippen LogP contribution in [0.3, 0.4) is 0 Å². The van der Waals surface area contributed by atoms with Gasteiger partial charge in [0.05, 0.1) is 26.4 Å². The minimum absolute atomic E-state index is 0.0395. The standard InChI is InChI=1S/C29H34N2O4/c1-34-21-13-14-23(26(18-21)35-2)28-24-11-5-6-15-29(24,33)16-17-31(28)19-27(32)30-25-12-7-9-20-8-3-4-10-22(20)25/h3-4,7-10,12-14,18,24,28,33H,5-6,11,15-17,19H2,1-2H3,(H,30,32)/t24-,28+,29-/m0/s1. The largest absolute Gasteiger partial charge is 0.497 e. The van der Waals surface area contributed by atoms with Crippen molar-refractivity contribution in [3.05, 3.63) is 66.2 Å². The van der Waals surface area contributed by atoms with Crippen molar-refractivity contribution in [3.63, 3.8) is 0 Å². The first-order chi connectivity index (χ1) is 17.0. The molecule has 6 nitrogen and oxygen atoms in total. The monoisotopic (exact) mass is 474 g/mol. The van der Waals surface area contributed by atoms with E-state index in [2.05, 4.69) is 10.2 Å². The van der Waals surface area contributed by atoms with Gasteiger partial charge >= 0.3 is 0 Å². The van der Waals surface area contributed by atoms with Gasteiger partial charge in [0, 0.05) is 41.2 Å². The summed E-state index contributed by atoms with van der Waals surface area (Å²) in [7, 11) is 3.30. The second-order valence-electron chi connectivity index (χ2n) is 9.80. The number of aliphatic hydroxyl groups is 1. The summed E-state index contributed by atoms with van der Waals surface area (Å²) in [6.45, 7) is 0.894. The number of hydrogen-bond donors (Lipinski definition) is 2. The number of hydrogen-bond acceptors (Lipinski definition) is 5. The Morgan fingerprint density at radius 3 is 2.71 bits per heavy atom. The third-order valence-corrected chi connectivity index (χ3v) is 7.84. The van der Waals surface area contributed by atoms with E-state index in [0.29, 0.717) is 13.0 Å². The molecule has 6 heteroatoms. The lowest BCUT2D eigenvalue weighted by Gasteiger charge is -2.52. The maximum atomic E-state index is 13.3. The second-order valence-corrected chi connectivity index (χ2v) is 9.80. The van der Waals surface area contributed by atoms with Crippen LogP contribution in [0.1, 0.15) is 43.7 Å². The zero-order valence-electron chi connectivity index (χ0n) is 20.5. The number of methoxy groups -OCH3 is 2. The molecule has 2 aliphatic rings. The first-order valence-electron chi connectivity index (χ1n) is 12.5. The van der Waals surface area contributed by atoms with E-state index in [1.807, 2.05) is 60.7 Å². The first-order valence-corrected chi connectivity index (χ1v) is 12.5. The lowest BCUT2D eigenvalue weighted by Crippen LogP contribution is -2.56. The highest BCUT2D eigenvalue weighted by molar-refractivity contribution is 6.02. The number of piperidine rings is 1. The van der Waals surface area contributed by atoms with Gasteiger partial charge in [-0.1, -0.05) is 55.3 Å². The van der Waals surface area contributed by atoms with E-state index in [4.69, 9.17) is 9.47 Å². The summed E-state index contributed by atoms with van der Waals surface area (Å²) in [5.41, 5.74) is 1.10. The van der Waals surface area contributed by atoms with Gasteiger partial charge in [-0.3, -0.25) is 9.69 Å². The number of carbonyl (C=O) groups excluding carboxylic acids is 1. The van der Waals surface area contributed by atoms with Gasteiger partial charge in [-0.15, -0.1) is 0 Å². The molecule has 0 bridgehead atoms. The predicted octanol–water partition coefficient (Wildman–Crippen LogP) is 5.16. The molecule has 5 rings (SSSR count). The molecule has 0 spiro atoms. The Kier molecular flexibility index (Phi) is 6.67. The summed E-state index contributed by atoms with van der Waals surface area (Å²) < 4.78 is 11.2. The molecule has 0 radical (unpaired) electrons. The molecule has 1 aliphatic heterocycles. The molecule has 35 heavy (non-hydrogen) atoms. The highest BCUT2D eigenvalue weighted by Gasteiger charge is 2.49. The molecule has 1 saturated heterocycles. The molecule has 1 amide bonds. The first kappa shape index (κ1) is 23.6. The Morgan fingerprint density at radius 2 is 1.89 bits per heavy atom. The highest BCUT2D eigenvalue weighted by atomic mass is 16.5. The zero-order valence-corrected chi connectivity index (χ0v) is 20.5. The van der Waals surface area contributed by atoms with Crippen molar-refractivity contribution in [2.24, 2.45) is 5.92 Å². The average Bonchev–Trinajstić information content (AvgIpc) is 2.88. The van der Waals surface area contributed by atoms with E-state index < -0.39 is 5.60 Å². The number of nitrogens with zero attached hydrogens (tertiary/aromatic N) is 1. The Hall–Kier alpha value is -3.09. The fourth-order valence-electron chi connectivity index (χ4n) is 6.10. The van der Waals surface area contributed by atoms with Crippen LogP contribution in [0.4, 0.5) is 5.69 Å². The number of benzene rings is 3. The van der Waals surface area contributed by atoms with Crippen molar-refractivity contribution < 1.29 is 19.4 Å². The maximum absolute atomic E-state index is 13.3. The fraction of sp³-hybridized carbons (Fsp3) is 0.414. The van der Waals surface area contributed by atoms with Crippen LogP contribution in [0, 0.1) is 5.92 Å². The Morgan fingerprint density at radius 1 is 1.06 bits per heavy atom. The van der Waals surface area contributed by atoms with Gasteiger partial charge < -0.3 is 19.9 Å². The van der Waals surface area contributed by atoms with Crippen LogP contribution in [-0.4, -0.2) is 48.8 Å². The summed E-state index contributed by atoms with van der Waals surface area (Å²) in [5.74, 6) is 1.43. The molecule has 1 heterocycles. The fourth-order valence-corrected chi connectivity index (χ4v) is 6.10. The Labute approximate surface area is 206 Å². The maximum Gasteiger partial charge on any atom is 0.238 e. The third-order valence-electron chi connectivity index (χ3n) is 7.84. The predicted molar refractivity (Wildman–Crippen MR) is 138 cm³/mol. The molecular formula is C29H34N2O4. The van der Waals surface area contributed by atoms with E-state index in [-0.39, 0.29) is 24.4 Å². The summed E-state index contributed by atoms with van der Waals surface area (Å²) in [6.07, 6.45) is 4.54. The summed E-state index contributed by atoms with van der Waals surface area (Å²) >= 11 is 0. The van der Waals surface area contributed by atoms with E-state index >= 15 is 0 Å². The number of fused-ring (bicyclic) bond motifs is 2. The number of amides is 1. The molecular weight excluding hydrogens is 440 g/mol. The molecule has 3 atom stereocenters. The number of anilines is 1. The molecule has 0 unspecified atom stereocenters. The van der Waals surface area contributed by atoms with Crippen LogP contribution in [-0.2, 0) is 4.79 Å². The Balaban J connectivity index is 1.45. The molecule has 2 N–H and O–H groups in total. The van der Waals surface area contributed by atoms with E-state index in [1.54, 1.807) is 14.2 Å². The number of rotatable bonds is 6. The van der Waals surface area contributed by atoms with E-state index in [1.165, 1.54) is 0 Å². The van der Waals surface area contributed by atoms with Crippen molar-refractivity contribution in [2.45, 2.75) is 43.7 Å². The molecule has 184 valence electrons. The highest BCUT2D eigenvalue weighted by Crippen LogP contribution is 2.51. The van der Waals surface area contributed by atoms with E-state index in [0.717, 1.165) is 59.2 Å². The smallest absolute Gasteiger partial charge is 0.238 e. The van der Waals surface area contributed by atoms with Crippen LogP contribution in [0.25, 0.3) is 10.8 Å². The van der Waals surface area contributed by atoms with E-state index in [9.17, 15) is 9.90 Å². The van der Waals surface area contributed by atoms with Crippen molar-refractivity contribution in [1.29, 1.82) is 0 Å². The molecule has 0 aromatic heterocycles. The third kappa shape index (κ3) is 4.60. The molecule has 2 fully saturated rings. The summed E-state index contributed by atoms with van der Waals surface area (Å²) in [6, 6.07) is 19.7. The normalized spacial score (nSPS) is 24.5. The van der Waals surface area contributed by atoms with Crippen molar-refractivity contribution >= 4 is 22.4 Å². The topological polar surface area (TPSA) is 71.0 Å². The lowest BCUT2D eigenvalue weighted by atomic mass is 9.66. The van der Waals surface area contributed by atoms with Gasteiger partial charge in [-0.2, -0.15) is 0 Å². The van der Waals surface area contributed by atoms with Crippen LogP contribution >= 0.6 is 0 Å². The van der Waals surface area contributed by atoms with Crippen LogP contribution < -0.4 is 14.8 Å². The van der Waals surface area contributed by atoms with Gasteiger partial charge in [0.25, 0.3) is 0 Å². The van der Waals surface area contributed by atoms with Crippen molar-refractivity contribution in [1.82, 2.24) is 4.90 Å². The second kappa shape index (κ2) is 9.88. The van der Waals surface area contributed by atoms with Gasteiger partial charge in [-0.25, -0.2) is 0 Å². The van der Waals surface area contributed by atoms with Crippen LogP contribution in [0.5, 0.6) is 11.5 Å². The van der Waals surface area contributed by atoms with Crippen molar-refractivity contribution in [2.75, 3.05) is 32.6 Å². The minimum atomic E-state index is -0.712. The Bertz CT molecular complexity index is 1210. The van der Waals surface area contributed by atoms with Gasteiger partial charge in [0.1, 0.15) is 11.5 Å². The number of ether oxygens (including phenoxy) is 2. The number of likely N-dealkylation sites (tertiary alicyclic amines) is 1. The molecule has 3 aromatic rings. The quantitative estimate of drug-likeness (QED) is 0.516. The number of nitrogens with one attached hydrogen (secondary N) is 1. The summed E-state index contributed by atoms with van der Waals surface area (Å²) in [4.78, 5) is 15.5. The average molecular weight is 475 g/mol. The number of carbonyl (C=O) groups is 1. The van der Waals surface area contributed by atoms with Crippen molar-refractivity contribution in [3.8, 4) is 11.5 Å². The van der Waals surface area contributed by atoms with Crippen LogP contribution in [0.2, 0.25) is 0 Å².